The smallest absolute Gasteiger partial charge is 0.118 e. The maximum Gasteiger partial charge on any atom is 0.155 e. The highest BCUT2D eigenvalue weighted by molar-refractivity contribution is 6.65. The lowest BCUT2D eigenvalue weighted by Gasteiger charge is -2.22. The lowest BCUT2D eigenvalue weighted by atomic mass is 10.3. The van der Waals surface area contributed by atoms with Gasteiger partial charge in [-0.3, -0.25) is 0 Å². The summed E-state index contributed by atoms with van der Waals surface area (Å²) in [6, 6.07) is 0. The van der Waals surface area contributed by atoms with E-state index in [0.29, 0.717) is 0 Å². The van der Waals surface area contributed by atoms with Crippen LogP contribution in [-0.4, -0.2) is 24.8 Å². The van der Waals surface area contributed by atoms with Crippen LogP contribution >= 0.6 is 81.2 Å². The van der Waals surface area contributed by atoms with Crippen molar-refractivity contribution in [1.29, 1.82) is 0 Å². The van der Waals surface area contributed by atoms with Gasteiger partial charge in [-0.1, -0.05) is 46.4 Å². The van der Waals surface area contributed by atoms with Crippen LogP contribution in [-0.2, 0) is 0 Å². The minimum absolute atomic E-state index is 0.778. The van der Waals surface area contributed by atoms with Gasteiger partial charge in [-0.25, -0.2) is 0 Å². The Morgan fingerprint density at radius 2 is 0.917 bits per heavy atom. The standard InChI is InChI=1S/C5H3Cl7/c6-1-2(7)5(11,12)3(8)4(1,9)10/h1-3H. The summed E-state index contributed by atoms with van der Waals surface area (Å²) >= 11 is 40.5. The molecule has 2 atom stereocenters. The molecule has 0 saturated heterocycles. The van der Waals surface area contributed by atoms with Crippen molar-refractivity contribution < 1.29 is 0 Å². The van der Waals surface area contributed by atoms with Crippen molar-refractivity contribution in [2.45, 2.75) is 24.8 Å². The van der Waals surface area contributed by atoms with E-state index in [-0.39, 0.29) is 0 Å². The quantitative estimate of drug-likeness (QED) is 0.589. The molecular formula is C5H3Cl7. The van der Waals surface area contributed by atoms with Gasteiger partial charge in [-0.15, -0.1) is 34.8 Å². The molecule has 0 N–H and O–H groups in total. The third-order valence-electron chi connectivity index (χ3n) is 1.67. The second-order valence-corrected chi connectivity index (χ2v) is 6.78. The zero-order valence-electron chi connectivity index (χ0n) is 5.38. The monoisotopic (exact) mass is 308 g/mol. The molecule has 7 heteroatoms. The minimum Gasteiger partial charge on any atom is -0.118 e. The lowest BCUT2D eigenvalue weighted by molar-refractivity contribution is 0.809. The minimum atomic E-state index is -1.40. The highest BCUT2D eigenvalue weighted by atomic mass is 35.5. The molecule has 1 aliphatic rings. The van der Waals surface area contributed by atoms with E-state index in [1.165, 1.54) is 0 Å². The SMILES string of the molecule is ClC1C(Cl)C(Cl)(Cl)C(Cl)C1(Cl)Cl. The van der Waals surface area contributed by atoms with E-state index in [4.69, 9.17) is 81.2 Å². The van der Waals surface area contributed by atoms with Crippen LogP contribution in [0, 0.1) is 0 Å². The summed E-state index contributed by atoms with van der Waals surface area (Å²) in [5, 5.41) is -2.46. The van der Waals surface area contributed by atoms with Gasteiger partial charge in [0.1, 0.15) is 5.38 Å². The Bertz CT molecular complexity index is 168. The summed E-state index contributed by atoms with van der Waals surface area (Å²) in [5.41, 5.74) is 0. The first-order valence-corrected chi connectivity index (χ1v) is 5.72. The summed E-state index contributed by atoms with van der Waals surface area (Å²) < 4.78 is -2.81. The first kappa shape index (κ1) is 12.1. The molecule has 0 aliphatic heterocycles. The van der Waals surface area contributed by atoms with Crippen LogP contribution in [0.1, 0.15) is 0 Å². The molecule has 0 spiro atoms. The molecular weight excluding hydrogens is 308 g/mol. The maximum atomic E-state index is 5.80. The van der Waals surface area contributed by atoms with Crippen molar-refractivity contribution in [3.05, 3.63) is 0 Å². The fourth-order valence-corrected chi connectivity index (χ4v) is 3.65. The molecule has 72 valence electrons. The molecule has 1 saturated carbocycles. The van der Waals surface area contributed by atoms with Gasteiger partial charge in [0, 0.05) is 0 Å². The molecule has 0 heterocycles. The Balaban J connectivity index is 3.03. The summed E-state index contributed by atoms with van der Waals surface area (Å²) in [6.07, 6.45) is 0. The Morgan fingerprint density at radius 1 is 0.667 bits per heavy atom. The highest BCUT2D eigenvalue weighted by Gasteiger charge is 2.65. The van der Waals surface area contributed by atoms with Crippen LogP contribution < -0.4 is 0 Å². The van der Waals surface area contributed by atoms with Crippen molar-refractivity contribution in [3.63, 3.8) is 0 Å². The van der Waals surface area contributed by atoms with Crippen LogP contribution in [0.3, 0.4) is 0 Å². The zero-order valence-corrected chi connectivity index (χ0v) is 10.7. The van der Waals surface area contributed by atoms with Crippen molar-refractivity contribution in [2.24, 2.45) is 0 Å². The summed E-state index contributed by atoms with van der Waals surface area (Å²) in [6.45, 7) is 0. The number of halogens is 7. The molecule has 2 unspecified atom stereocenters. The van der Waals surface area contributed by atoms with Crippen LogP contribution in [0.2, 0.25) is 0 Å². The fraction of sp³-hybridized carbons (Fsp3) is 1.00. The van der Waals surface area contributed by atoms with E-state index in [9.17, 15) is 0 Å². The van der Waals surface area contributed by atoms with E-state index < -0.39 is 24.8 Å². The van der Waals surface area contributed by atoms with Crippen molar-refractivity contribution >= 4 is 81.2 Å². The molecule has 1 fully saturated rings. The molecule has 12 heavy (non-hydrogen) atoms. The molecule has 0 amide bonds. The highest BCUT2D eigenvalue weighted by Crippen LogP contribution is 2.57. The third kappa shape index (κ3) is 1.62. The van der Waals surface area contributed by atoms with Gasteiger partial charge in [-0.05, 0) is 0 Å². The van der Waals surface area contributed by atoms with E-state index in [0.717, 1.165) is 0 Å². The maximum absolute atomic E-state index is 5.80. The summed E-state index contributed by atoms with van der Waals surface area (Å²) in [4.78, 5) is 0. The van der Waals surface area contributed by atoms with Gasteiger partial charge in [0.15, 0.2) is 8.67 Å². The van der Waals surface area contributed by atoms with Gasteiger partial charge >= 0.3 is 0 Å². The zero-order chi connectivity index (χ0) is 9.73. The van der Waals surface area contributed by atoms with Gasteiger partial charge in [-0.2, -0.15) is 0 Å². The van der Waals surface area contributed by atoms with Gasteiger partial charge in [0.2, 0.25) is 0 Å². The molecule has 0 aromatic heterocycles. The molecule has 1 aliphatic carbocycles. The summed E-state index contributed by atoms with van der Waals surface area (Å²) in [7, 11) is 0. The second kappa shape index (κ2) is 3.56. The van der Waals surface area contributed by atoms with Crippen LogP contribution in [0.5, 0.6) is 0 Å². The van der Waals surface area contributed by atoms with Crippen molar-refractivity contribution in [2.75, 3.05) is 0 Å². The number of alkyl halides is 7. The molecule has 0 nitrogen and oxygen atoms in total. The molecule has 0 radical (unpaired) electrons. The van der Waals surface area contributed by atoms with Crippen molar-refractivity contribution in [1.82, 2.24) is 0 Å². The molecule has 0 aromatic rings. The topological polar surface area (TPSA) is 0 Å². The van der Waals surface area contributed by atoms with Gasteiger partial charge in [0.25, 0.3) is 0 Å². The average Bonchev–Trinajstić information content (AvgIpc) is 2.06. The fourth-order valence-electron chi connectivity index (χ4n) is 0.926. The average molecular weight is 311 g/mol. The van der Waals surface area contributed by atoms with E-state index in [2.05, 4.69) is 0 Å². The van der Waals surface area contributed by atoms with E-state index in [1.807, 2.05) is 0 Å². The van der Waals surface area contributed by atoms with Crippen LogP contribution in [0.25, 0.3) is 0 Å². The van der Waals surface area contributed by atoms with Gasteiger partial charge < -0.3 is 0 Å². The third-order valence-corrected chi connectivity index (χ3v) is 6.38. The number of rotatable bonds is 0. The lowest BCUT2D eigenvalue weighted by Crippen LogP contribution is -2.33. The van der Waals surface area contributed by atoms with E-state index >= 15 is 0 Å². The predicted molar refractivity (Wildman–Crippen MR) is 57.8 cm³/mol. The number of hydrogen-bond donors (Lipinski definition) is 0. The normalized spacial score (nSPS) is 44.8. The predicted octanol–water partition coefficient (Wildman–Crippen LogP) is 4.17. The second-order valence-electron chi connectivity index (χ2n) is 2.52. The van der Waals surface area contributed by atoms with E-state index in [1.54, 1.807) is 0 Å². The Kier molecular flexibility index (Phi) is 3.59. The first-order chi connectivity index (χ1) is 5.22. The van der Waals surface area contributed by atoms with Gasteiger partial charge in [0.05, 0.1) is 10.8 Å². The molecule has 1 rings (SSSR count). The Hall–Kier alpha value is 2.03. The van der Waals surface area contributed by atoms with Crippen LogP contribution in [0.4, 0.5) is 0 Å². The summed E-state index contributed by atoms with van der Waals surface area (Å²) in [5.74, 6) is 0. The first-order valence-electron chi connectivity index (χ1n) is 2.90. The molecule has 0 aromatic carbocycles. The Morgan fingerprint density at radius 3 is 1.00 bits per heavy atom. The largest absolute Gasteiger partial charge is 0.155 e. The Labute approximate surface area is 105 Å². The molecule has 0 bridgehead atoms. The van der Waals surface area contributed by atoms with Crippen LogP contribution in [0.15, 0.2) is 0 Å². The number of hydrogen-bond acceptors (Lipinski definition) is 0. The van der Waals surface area contributed by atoms with Crippen molar-refractivity contribution in [3.8, 4) is 0 Å².